The van der Waals surface area contributed by atoms with Crippen LogP contribution in [-0.4, -0.2) is 28.2 Å². The molecule has 2 aliphatic rings. The molecule has 1 aromatic rings. The first-order valence-corrected chi connectivity index (χ1v) is 7.06. The number of nitrogens with zero attached hydrogens (tertiary/aromatic N) is 2. The number of pyridine rings is 1. The van der Waals surface area contributed by atoms with Crippen molar-refractivity contribution in [3.63, 3.8) is 0 Å². The molecule has 0 bridgehead atoms. The van der Waals surface area contributed by atoms with Gasteiger partial charge in [-0.1, -0.05) is 0 Å². The largest absolute Gasteiger partial charge is 0.386 e. The van der Waals surface area contributed by atoms with Gasteiger partial charge in [0.25, 0.3) is 5.56 Å². The summed E-state index contributed by atoms with van der Waals surface area (Å²) in [7, 11) is 2.10. The molecule has 0 atom stereocenters. The van der Waals surface area contributed by atoms with Crippen LogP contribution in [0.3, 0.4) is 0 Å². The zero-order chi connectivity index (χ0) is 13.8. The standard InChI is InChI=1S/C15H22N2O2/c1-15(2,19)12-8-10-9-16(3)7-6-13(10)17(14(12)18)11-4-5-11/h8,11,19H,4-7,9H2,1-3H3. The molecule has 0 saturated heterocycles. The second-order valence-corrected chi connectivity index (χ2v) is 6.48. The van der Waals surface area contributed by atoms with Crippen molar-refractivity contribution < 1.29 is 5.11 Å². The lowest BCUT2D eigenvalue weighted by molar-refractivity contribution is 0.0760. The number of aliphatic hydroxyl groups is 1. The third kappa shape index (κ3) is 2.23. The van der Waals surface area contributed by atoms with Crippen LogP contribution in [-0.2, 0) is 18.6 Å². The van der Waals surface area contributed by atoms with Gasteiger partial charge in [0, 0.05) is 36.8 Å². The smallest absolute Gasteiger partial charge is 0.257 e. The lowest BCUT2D eigenvalue weighted by Gasteiger charge is -2.30. The normalized spacial score (nSPS) is 20.4. The molecule has 1 aromatic heterocycles. The zero-order valence-corrected chi connectivity index (χ0v) is 11.9. The van der Waals surface area contributed by atoms with Crippen LogP contribution in [0.5, 0.6) is 0 Å². The van der Waals surface area contributed by atoms with Crippen LogP contribution in [0.15, 0.2) is 10.9 Å². The van der Waals surface area contributed by atoms with Crippen molar-refractivity contribution in [3.05, 3.63) is 33.2 Å². The van der Waals surface area contributed by atoms with E-state index in [0.717, 1.165) is 32.4 Å². The van der Waals surface area contributed by atoms with Gasteiger partial charge >= 0.3 is 0 Å². The fourth-order valence-electron chi connectivity index (χ4n) is 2.97. The van der Waals surface area contributed by atoms with Crippen LogP contribution < -0.4 is 5.56 Å². The lowest BCUT2D eigenvalue weighted by Crippen LogP contribution is -2.38. The van der Waals surface area contributed by atoms with E-state index >= 15 is 0 Å². The Kier molecular flexibility index (Phi) is 2.84. The van der Waals surface area contributed by atoms with Gasteiger partial charge in [0.1, 0.15) is 0 Å². The Morgan fingerprint density at radius 3 is 2.63 bits per heavy atom. The average Bonchev–Trinajstić information content (AvgIpc) is 3.11. The topological polar surface area (TPSA) is 45.5 Å². The molecule has 1 saturated carbocycles. The van der Waals surface area contributed by atoms with E-state index in [1.54, 1.807) is 13.8 Å². The molecule has 0 spiro atoms. The molecular weight excluding hydrogens is 240 g/mol. The number of hydrogen-bond acceptors (Lipinski definition) is 3. The molecule has 4 nitrogen and oxygen atoms in total. The van der Waals surface area contributed by atoms with Crippen molar-refractivity contribution in [3.8, 4) is 0 Å². The Balaban J connectivity index is 2.22. The van der Waals surface area contributed by atoms with Gasteiger partial charge in [-0.25, -0.2) is 0 Å². The summed E-state index contributed by atoms with van der Waals surface area (Å²) in [4.78, 5) is 14.9. The van der Waals surface area contributed by atoms with Crippen LogP contribution in [0.4, 0.5) is 0 Å². The molecular formula is C15H22N2O2. The minimum Gasteiger partial charge on any atom is -0.386 e. The van der Waals surface area contributed by atoms with E-state index in [1.165, 1.54) is 11.3 Å². The van der Waals surface area contributed by atoms with E-state index in [4.69, 9.17) is 0 Å². The van der Waals surface area contributed by atoms with Crippen molar-refractivity contribution >= 4 is 0 Å². The van der Waals surface area contributed by atoms with E-state index in [0.29, 0.717) is 11.6 Å². The second kappa shape index (κ2) is 4.18. The molecule has 19 heavy (non-hydrogen) atoms. The highest BCUT2D eigenvalue weighted by molar-refractivity contribution is 5.32. The Hall–Kier alpha value is -1.13. The Morgan fingerprint density at radius 2 is 2.05 bits per heavy atom. The minimum absolute atomic E-state index is 0.0123. The second-order valence-electron chi connectivity index (χ2n) is 6.48. The number of hydrogen-bond donors (Lipinski definition) is 1. The summed E-state index contributed by atoms with van der Waals surface area (Å²) in [6.07, 6.45) is 3.12. The van der Waals surface area contributed by atoms with Gasteiger partial charge < -0.3 is 14.6 Å². The van der Waals surface area contributed by atoms with Crippen molar-refractivity contribution in [2.75, 3.05) is 13.6 Å². The van der Waals surface area contributed by atoms with E-state index in [9.17, 15) is 9.90 Å². The molecule has 1 fully saturated rings. The fraction of sp³-hybridized carbons (Fsp3) is 0.667. The van der Waals surface area contributed by atoms with Crippen molar-refractivity contribution in [2.24, 2.45) is 0 Å². The zero-order valence-electron chi connectivity index (χ0n) is 11.9. The highest BCUT2D eigenvalue weighted by Crippen LogP contribution is 2.37. The SMILES string of the molecule is CN1CCc2c(cc(C(C)(C)O)c(=O)n2C2CC2)C1. The average molecular weight is 262 g/mol. The first-order valence-electron chi connectivity index (χ1n) is 7.06. The predicted octanol–water partition coefficient (Wildman–Crippen LogP) is 1.40. The van der Waals surface area contributed by atoms with E-state index in [-0.39, 0.29) is 5.56 Å². The molecule has 0 amide bonds. The van der Waals surface area contributed by atoms with Crippen molar-refractivity contribution in [2.45, 2.75) is 51.3 Å². The minimum atomic E-state index is -1.07. The lowest BCUT2D eigenvalue weighted by atomic mass is 9.94. The van der Waals surface area contributed by atoms with E-state index < -0.39 is 5.60 Å². The summed E-state index contributed by atoms with van der Waals surface area (Å²) in [5.41, 5.74) is 1.88. The monoisotopic (exact) mass is 262 g/mol. The number of fused-ring (bicyclic) bond motifs is 1. The molecule has 3 rings (SSSR count). The number of aromatic nitrogens is 1. The van der Waals surface area contributed by atoms with Gasteiger partial charge in [0.15, 0.2) is 0 Å². The summed E-state index contributed by atoms with van der Waals surface area (Å²) in [5, 5.41) is 10.2. The fourth-order valence-corrected chi connectivity index (χ4v) is 2.97. The van der Waals surface area contributed by atoms with Gasteiger partial charge in [-0.3, -0.25) is 4.79 Å². The highest BCUT2D eigenvalue weighted by Gasteiger charge is 2.33. The van der Waals surface area contributed by atoms with Crippen molar-refractivity contribution in [1.29, 1.82) is 0 Å². The van der Waals surface area contributed by atoms with Gasteiger partial charge in [0.05, 0.1) is 5.60 Å². The summed E-state index contributed by atoms with van der Waals surface area (Å²) >= 11 is 0. The third-order valence-electron chi connectivity index (χ3n) is 4.17. The quantitative estimate of drug-likeness (QED) is 0.876. The van der Waals surface area contributed by atoms with Crippen LogP contribution in [0.1, 0.15) is 49.6 Å². The molecule has 1 aliphatic carbocycles. The Morgan fingerprint density at radius 1 is 1.37 bits per heavy atom. The number of rotatable bonds is 2. The summed E-state index contributed by atoms with van der Waals surface area (Å²) < 4.78 is 1.97. The Labute approximate surface area is 113 Å². The first-order chi connectivity index (χ1) is 8.88. The highest BCUT2D eigenvalue weighted by atomic mass is 16.3. The van der Waals surface area contributed by atoms with Crippen LogP contribution >= 0.6 is 0 Å². The maximum atomic E-state index is 12.6. The van der Waals surface area contributed by atoms with Crippen LogP contribution in [0.2, 0.25) is 0 Å². The van der Waals surface area contributed by atoms with Gasteiger partial charge in [-0.05, 0) is 45.4 Å². The molecule has 104 valence electrons. The summed E-state index contributed by atoms with van der Waals surface area (Å²) in [5.74, 6) is 0. The van der Waals surface area contributed by atoms with Gasteiger partial charge in [-0.2, -0.15) is 0 Å². The van der Waals surface area contributed by atoms with Crippen LogP contribution in [0.25, 0.3) is 0 Å². The van der Waals surface area contributed by atoms with Gasteiger partial charge in [-0.15, -0.1) is 0 Å². The van der Waals surface area contributed by atoms with Crippen molar-refractivity contribution in [1.82, 2.24) is 9.47 Å². The van der Waals surface area contributed by atoms with Crippen LogP contribution in [0, 0.1) is 0 Å². The third-order valence-corrected chi connectivity index (χ3v) is 4.17. The maximum Gasteiger partial charge on any atom is 0.257 e. The summed E-state index contributed by atoms with van der Waals surface area (Å²) in [6, 6.07) is 2.29. The summed E-state index contributed by atoms with van der Waals surface area (Å²) in [6.45, 7) is 5.26. The molecule has 0 aromatic carbocycles. The molecule has 1 N–H and O–H groups in total. The molecule has 1 aliphatic heterocycles. The predicted molar refractivity (Wildman–Crippen MR) is 74.3 cm³/mol. The molecule has 0 radical (unpaired) electrons. The molecule has 0 unspecified atom stereocenters. The Bertz CT molecular complexity index is 565. The maximum absolute atomic E-state index is 12.6. The molecule has 2 heterocycles. The first kappa shape index (κ1) is 12.9. The van der Waals surface area contributed by atoms with E-state index in [2.05, 4.69) is 11.9 Å². The van der Waals surface area contributed by atoms with Gasteiger partial charge in [0.2, 0.25) is 0 Å². The van der Waals surface area contributed by atoms with E-state index in [1.807, 2.05) is 10.6 Å². The molecule has 4 heteroatoms. The number of likely N-dealkylation sites (N-methyl/N-ethyl adjacent to an activating group) is 1.